The van der Waals surface area contributed by atoms with E-state index in [1.165, 1.54) is 29.2 Å². The van der Waals surface area contributed by atoms with Crippen LogP contribution in [0, 0.1) is 0 Å². The Morgan fingerprint density at radius 3 is 2.37 bits per heavy atom. The fraction of sp³-hybridized carbons (Fsp3) is 0.0294. The summed E-state index contributed by atoms with van der Waals surface area (Å²) in [4.78, 5) is 32.1. The zero-order chi connectivity index (χ0) is 29.8. The topological polar surface area (TPSA) is 71.1 Å². The lowest BCUT2D eigenvalue weighted by Crippen LogP contribution is -2.19. The first-order chi connectivity index (χ1) is 20.9. The summed E-state index contributed by atoms with van der Waals surface area (Å²) in [6, 6.07) is 36.0. The van der Waals surface area contributed by atoms with E-state index >= 15 is 0 Å². The third-order valence-corrected chi connectivity index (χ3v) is 9.20. The van der Waals surface area contributed by atoms with Crippen LogP contribution in [0.15, 0.2) is 126 Å². The normalized spacial score (nSPS) is 11.7. The summed E-state index contributed by atoms with van der Waals surface area (Å²) < 4.78 is 0. The average molecular weight is 641 g/mol. The zero-order valence-corrected chi connectivity index (χ0v) is 25.6. The van der Waals surface area contributed by atoms with Crippen LogP contribution in [0.3, 0.4) is 0 Å². The number of thioether (sulfide) groups is 1. The quantitative estimate of drug-likeness (QED) is 0.163. The van der Waals surface area contributed by atoms with Gasteiger partial charge in [0.25, 0.3) is 5.91 Å². The maximum Gasteiger partial charge on any atom is 0.257 e. The second-order valence-corrected chi connectivity index (χ2v) is 12.5. The van der Waals surface area contributed by atoms with Gasteiger partial charge in [0, 0.05) is 26.5 Å². The third kappa shape index (κ3) is 6.92. The van der Waals surface area contributed by atoms with Crippen molar-refractivity contribution in [2.24, 2.45) is 0 Å². The molecule has 1 unspecified atom stereocenters. The van der Waals surface area contributed by atoms with Gasteiger partial charge in [0.15, 0.2) is 5.13 Å². The van der Waals surface area contributed by atoms with Crippen molar-refractivity contribution in [3.63, 3.8) is 0 Å². The molecule has 5 nitrogen and oxygen atoms in total. The number of amides is 2. The minimum atomic E-state index is -0.564. The van der Waals surface area contributed by atoms with Crippen molar-refractivity contribution in [3.05, 3.63) is 142 Å². The Kier molecular flexibility index (Phi) is 8.77. The highest BCUT2D eigenvalue weighted by Gasteiger charge is 2.24. The van der Waals surface area contributed by atoms with Gasteiger partial charge < -0.3 is 10.6 Å². The van der Waals surface area contributed by atoms with Gasteiger partial charge in [-0.2, -0.15) is 0 Å². The van der Waals surface area contributed by atoms with Gasteiger partial charge in [-0.3, -0.25) is 9.59 Å². The maximum absolute atomic E-state index is 13.7. The lowest BCUT2D eigenvalue weighted by atomic mass is 10.1. The Morgan fingerprint density at radius 2 is 1.56 bits per heavy atom. The van der Waals surface area contributed by atoms with Crippen molar-refractivity contribution in [1.82, 2.24) is 4.98 Å². The molecule has 1 aromatic heterocycles. The standard InChI is InChI=1S/C34H23Cl2N3O2S2/c35-25-15-16-28(29(36)18-25)32(40)37-26-11-6-12-27(19-26)43-31(22-8-2-1-3-9-22)33(41)39-34-38-30(20-42-34)24-14-13-21-7-4-5-10-23(21)17-24/h1-20,31H,(H,37,40)(H,38,39,41). The molecule has 0 fully saturated rings. The van der Waals surface area contributed by atoms with Crippen molar-refractivity contribution >= 4 is 79.7 Å². The Balaban J connectivity index is 1.20. The summed E-state index contributed by atoms with van der Waals surface area (Å²) in [5.74, 6) is -0.551. The van der Waals surface area contributed by atoms with E-state index in [2.05, 4.69) is 34.9 Å². The molecular weight excluding hydrogens is 617 g/mol. The lowest BCUT2D eigenvalue weighted by molar-refractivity contribution is -0.115. The molecule has 0 bridgehead atoms. The van der Waals surface area contributed by atoms with Gasteiger partial charge in [-0.1, -0.05) is 96.0 Å². The molecule has 0 aliphatic heterocycles. The number of thiazole rings is 1. The maximum atomic E-state index is 13.7. The van der Waals surface area contributed by atoms with Crippen LogP contribution in [-0.4, -0.2) is 16.8 Å². The number of hydrogen-bond donors (Lipinski definition) is 2. The zero-order valence-electron chi connectivity index (χ0n) is 22.5. The number of hydrogen-bond acceptors (Lipinski definition) is 5. The van der Waals surface area contributed by atoms with Crippen LogP contribution in [0.5, 0.6) is 0 Å². The number of halogens is 2. The van der Waals surface area contributed by atoms with Gasteiger partial charge >= 0.3 is 0 Å². The number of nitrogens with zero attached hydrogens (tertiary/aromatic N) is 1. The Hall–Kier alpha value is -4.14. The first-order valence-electron chi connectivity index (χ1n) is 13.3. The monoisotopic (exact) mass is 639 g/mol. The van der Waals surface area contributed by atoms with E-state index in [1.54, 1.807) is 18.2 Å². The average Bonchev–Trinajstić information content (AvgIpc) is 3.48. The number of nitrogens with one attached hydrogen (secondary N) is 2. The van der Waals surface area contributed by atoms with Crippen LogP contribution in [0.25, 0.3) is 22.0 Å². The van der Waals surface area contributed by atoms with Gasteiger partial charge in [-0.25, -0.2) is 4.98 Å². The van der Waals surface area contributed by atoms with Gasteiger partial charge in [0.05, 0.1) is 16.3 Å². The molecule has 0 radical (unpaired) electrons. The van der Waals surface area contributed by atoms with Crippen LogP contribution in [0.1, 0.15) is 21.2 Å². The molecule has 0 spiro atoms. The van der Waals surface area contributed by atoms with Crippen LogP contribution in [0.4, 0.5) is 10.8 Å². The van der Waals surface area contributed by atoms with E-state index in [-0.39, 0.29) is 16.8 Å². The van der Waals surface area contributed by atoms with E-state index < -0.39 is 5.25 Å². The van der Waals surface area contributed by atoms with Crippen molar-refractivity contribution in [2.75, 3.05) is 10.6 Å². The minimum Gasteiger partial charge on any atom is -0.322 e. The van der Waals surface area contributed by atoms with Crippen molar-refractivity contribution in [3.8, 4) is 11.3 Å². The van der Waals surface area contributed by atoms with Crippen LogP contribution < -0.4 is 10.6 Å². The second kappa shape index (κ2) is 13.0. The first kappa shape index (κ1) is 29.0. The molecule has 1 heterocycles. The summed E-state index contributed by atoms with van der Waals surface area (Å²) in [6.45, 7) is 0. The Bertz CT molecular complexity index is 1950. The van der Waals surface area contributed by atoms with Crippen LogP contribution in [0.2, 0.25) is 10.0 Å². The van der Waals surface area contributed by atoms with Crippen LogP contribution in [-0.2, 0) is 4.79 Å². The second-order valence-electron chi connectivity index (χ2n) is 9.60. The summed E-state index contributed by atoms with van der Waals surface area (Å²) in [5, 5.41) is 10.8. The van der Waals surface area contributed by atoms with Gasteiger partial charge in [0.1, 0.15) is 5.25 Å². The van der Waals surface area contributed by atoms with Crippen molar-refractivity contribution in [1.29, 1.82) is 0 Å². The number of rotatable bonds is 8. The first-order valence-corrected chi connectivity index (χ1v) is 15.8. The van der Waals surface area contributed by atoms with E-state index in [9.17, 15) is 9.59 Å². The third-order valence-electron chi connectivity index (χ3n) is 6.64. The van der Waals surface area contributed by atoms with E-state index in [0.717, 1.165) is 32.5 Å². The fourth-order valence-corrected chi connectivity index (χ4v) is 6.84. The Labute approximate surface area is 266 Å². The molecule has 0 aliphatic rings. The molecule has 212 valence electrons. The van der Waals surface area contributed by atoms with Gasteiger partial charge in [-0.15, -0.1) is 23.1 Å². The van der Waals surface area contributed by atoms with E-state index in [1.807, 2.05) is 72.1 Å². The number of benzene rings is 5. The molecule has 2 amide bonds. The van der Waals surface area contributed by atoms with Crippen molar-refractivity contribution < 1.29 is 9.59 Å². The highest BCUT2D eigenvalue weighted by Crippen LogP contribution is 2.38. The summed E-state index contributed by atoms with van der Waals surface area (Å²) >= 11 is 15.0. The molecule has 1 atom stereocenters. The summed E-state index contributed by atoms with van der Waals surface area (Å²) in [5.41, 5.74) is 3.53. The lowest BCUT2D eigenvalue weighted by Gasteiger charge is -2.17. The van der Waals surface area contributed by atoms with E-state index in [4.69, 9.17) is 28.2 Å². The molecule has 0 saturated carbocycles. The number of fused-ring (bicyclic) bond motifs is 1. The molecular formula is C34H23Cl2N3O2S2. The fourth-order valence-electron chi connectivity index (χ4n) is 4.54. The number of aromatic nitrogens is 1. The molecule has 2 N–H and O–H groups in total. The SMILES string of the molecule is O=C(Nc1cccc(SC(C(=O)Nc2nc(-c3ccc4ccccc4c3)cs2)c2ccccc2)c1)c1ccc(Cl)cc1Cl. The smallest absolute Gasteiger partial charge is 0.257 e. The van der Waals surface area contributed by atoms with Gasteiger partial charge in [-0.05, 0) is 58.8 Å². The largest absolute Gasteiger partial charge is 0.322 e. The number of anilines is 2. The number of carbonyl (C=O) groups is 2. The van der Waals surface area contributed by atoms with Crippen molar-refractivity contribution in [2.45, 2.75) is 10.1 Å². The molecule has 43 heavy (non-hydrogen) atoms. The molecule has 0 aliphatic carbocycles. The summed E-state index contributed by atoms with van der Waals surface area (Å²) in [7, 11) is 0. The number of carbonyl (C=O) groups excluding carboxylic acids is 2. The highest BCUT2D eigenvalue weighted by atomic mass is 35.5. The highest BCUT2D eigenvalue weighted by molar-refractivity contribution is 8.00. The van der Waals surface area contributed by atoms with Gasteiger partial charge in [0.2, 0.25) is 5.91 Å². The molecule has 6 rings (SSSR count). The molecule has 9 heteroatoms. The molecule has 0 saturated heterocycles. The predicted molar refractivity (Wildman–Crippen MR) is 180 cm³/mol. The molecule has 6 aromatic rings. The van der Waals surface area contributed by atoms with Crippen LogP contribution >= 0.6 is 46.3 Å². The Morgan fingerprint density at radius 1 is 0.767 bits per heavy atom. The minimum absolute atomic E-state index is 0.196. The van der Waals surface area contributed by atoms with E-state index in [0.29, 0.717) is 21.4 Å². The summed E-state index contributed by atoms with van der Waals surface area (Å²) in [6.07, 6.45) is 0. The molecule has 5 aromatic carbocycles. The predicted octanol–water partition coefficient (Wildman–Crippen LogP) is 9.99.